The Bertz CT molecular complexity index is 563. The first-order valence-electron chi connectivity index (χ1n) is 13.7. The fourth-order valence-corrected chi connectivity index (χ4v) is 5.97. The molecule has 0 aromatic heterocycles. The van der Waals surface area contributed by atoms with Gasteiger partial charge in [0.25, 0.3) is 0 Å². The van der Waals surface area contributed by atoms with Crippen LogP contribution in [0.2, 0.25) is 0 Å². The van der Waals surface area contributed by atoms with Crippen LogP contribution in [0, 0.1) is 50.4 Å². The maximum Gasteiger partial charge on any atom is 2.00 e. The normalized spacial score (nSPS) is 25.7. The molecule has 4 unspecified atom stereocenters. The van der Waals surface area contributed by atoms with Crippen molar-refractivity contribution in [2.45, 2.75) is 105 Å². The Kier molecular flexibility index (Phi) is 22.9. The summed E-state index contributed by atoms with van der Waals surface area (Å²) in [4.78, 5) is 0. The van der Waals surface area contributed by atoms with Crippen LogP contribution in [0.15, 0.2) is 46.6 Å². The van der Waals surface area contributed by atoms with Gasteiger partial charge < -0.3 is 51.5 Å². The Morgan fingerprint density at radius 2 is 0.943 bits per heavy atom. The van der Waals surface area contributed by atoms with Crippen molar-refractivity contribution in [1.82, 2.24) is 0 Å². The van der Waals surface area contributed by atoms with Crippen molar-refractivity contribution in [1.29, 1.82) is 0 Å². The Morgan fingerprint density at radius 1 is 0.629 bits per heavy atom. The topological polar surface area (TPSA) is 0 Å². The molecule has 2 saturated carbocycles. The van der Waals surface area contributed by atoms with Gasteiger partial charge in [-0.1, -0.05) is 100.0 Å². The zero-order valence-electron chi connectivity index (χ0n) is 22.9. The first-order valence-corrected chi connectivity index (χ1v) is 13.7. The van der Waals surface area contributed by atoms with Gasteiger partial charge in [0.15, 0.2) is 0 Å². The van der Waals surface area contributed by atoms with E-state index >= 15 is 0 Å². The van der Waals surface area contributed by atoms with E-state index in [1.54, 1.807) is 22.3 Å². The largest absolute Gasteiger partial charge is 2.00 e. The van der Waals surface area contributed by atoms with Gasteiger partial charge in [-0.05, 0) is 37.5 Å². The van der Waals surface area contributed by atoms with Gasteiger partial charge in [-0.25, -0.2) is 0 Å². The molecule has 4 atom stereocenters. The Labute approximate surface area is 251 Å². The van der Waals surface area contributed by atoms with Crippen LogP contribution in [0.3, 0.4) is 0 Å². The summed E-state index contributed by atoms with van der Waals surface area (Å²) < 4.78 is 0. The molecule has 0 aromatic carbocycles. The van der Waals surface area contributed by atoms with Gasteiger partial charge in [-0.2, -0.15) is 25.7 Å². The summed E-state index contributed by atoms with van der Waals surface area (Å²) in [5, 5.41) is 0. The second-order valence-corrected chi connectivity index (χ2v) is 9.69. The van der Waals surface area contributed by atoms with E-state index in [0.29, 0.717) is 0 Å². The molecule has 0 heterocycles. The van der Waals surface area contributed by atoms with Gasteiger partial charge >= 0.3 is 26.2 Å². The van der Waals surface area contributed by atoms with Crippen LogP contribution < -0.4 is 24.8 Å². The van der Waals surface area contributed by atoms with E-state index in [1.165, 1.54) is 64.2 Å². The summed E-state index contributed by atoms with van der Waals surface area (Å²) >= 11 is 0. The summed E-state index contributed by atoms with van der Waals surface area (Å²) in [6.45, 7) is 16.5. The standard InChI is InChI=1S/2C13H19.C6H12.2ClH.Zr/c2*1-3-10-8-9-11(4-2)13-7-5-6-12(10)13;1-3-5-6-4-2;;;/h2*6,8-9,12-13H,3-5,7H2,1-2H3;1-6H2;2*1H;/q2*-1;-2;;;+2/p-2. The van der Waals surface area contributed by atoms with Crippen LogP contribution in [0.5, 0.6) is 0 Å². The van der Waals surface area contributed by atoms with Gasteiger partial charge in [-0.3, -0.25) is 0 Å². The molecule has 4 aliphatic rings. The minimum Gasteiger partial charge on any atom is -1.00 e. The number of hydrogen-bond donors (Lipinski definition) is 0. The Morgan fingerprint density at radius 3 is 1.23 bits per heavy atom. The molecule has 0 N–H and O–H groups in total. The molecule has 35 heavy (non-hydrogen) atoms. The van der Waals surface area contributed by atoms with Gasteiger partial charge in [0.1, 0.15) is 0 Å². The number of hydrogen-bond acceptors (Lipinski definition) is 0. The van der Waals surface area contributed by atoms with E-state index in [2.05, 4.69) is 78.7 Å². The molecule has 0 radical (unpaired) electrons. The molecule has 0 amide bonds. The summed E-state index contributed by atoms with van der Waals surface area (Å²) in [6, 6.07) is 0. The maximum absolute atomic E-state index is 3.70. The fraction of sp³-hybridized carbons (Fsp3) is 0.625. The van der Waals surface area contributed by atoms with Crippen LogP contribution in [-0.2, 0) is 26.2 Å². The molecule has 3 heteroatoms. The second kappa shape index (κ2) is 21.4. The van der Waals surface area contributed by atoms with Crippen molar-refractivity contribution in [3.63, 3.8) is 0 Å². The first-order chi connectivity index (χ1) is 15.6. The molecule has 4 rings (SSSR count). The van der Waals surface area contributed by atoms with E-state index in [9.17, 15) is 0 Å². The van der Waals surface area contributed by atoms with Crippen molar-refractivity contribution < 1.29 is 51.0 Å². The third-order valence-corrected chi connectivity index (χ3v) is 7.88. The van der Waals surface area contributed by atoms with Crippen LogP contribution in [0.4, 0.5) is 0 Å². The average Bonchev–Trinajstić information content (AvgIpc) is 3.52. The number of fused-ring (bicyclic) bond motifs is 2. The Hall–Kier alpha value is 0.423. The van der Waals surface area contributed by atoms with Gasteiger partial charge in [0.2, 0.25) is 0 Å². The van der Waals surface area contributed by atoms with E-state index in [0.717, 1.165) is 36.5 Å². The SMILES string of the molecule is CCC1=CC=C(CC)C2CC[CH-]C12.CCC1=CC=C(CC)C2CC[CH-]C12.[CH2-]CCCC[CH2-].[Cl-].[Cl-].[Zr+2]. The van der Waals surface area contributed by atoms with Crippen LogP contribution in [0.25, 0.3) is 0 Å². The Balaban J connectivity index is 0. The number of rotatable bonds is 7. The van der Waals surface area contributed by atoms with E-state index in [-0.39, 0.29) is 51.0 Å². The van der Waals surface area contributed by atoms with Crippen molar-refractivity contribution in [3.8, 4) is 0 Å². The van der Waals surface area contributed by atoms with Gasteiger partial charge in [0.05, 0.1) is 0 Å². The van der Waals surface area contributed by atoms with Crippen LogP contribution in [0.1, 0.15) is 105 Å². The molecule has 0 bridgehead atoms. The number of halogens is 2. The quantitative estimate of drug-likeness (QED) is 0.308. The molecule has 0 aromatic rings. The van der Waals surface area contributed by atoms with Crippen molar-refractivity contribution in [3.05, 3.63) is 73.3 Å². The minimum absolute atomic E-state index is 0. The average molecular weight is 597 g/mol. The summed E-state index contributed by atoms with van der Waals surface area (Å²) in [5.41, 5.74) is 6.66. The van der Waals surface area contributed by atoms with E-state index < -0.39 is 0 Å². The zero-order chi connectivity index (χ0) is 23.3. The van der Waals surface area contributed by atoms with Crippen LogP contribution >= 0.6 is 0 Å². The second-order valence-electron chi connectivity index (χ2n) is 9.69. The van der Waals surface area contributed by atoms with E-state index in [4.69, 9.17) is 0 Å². The predicted octanol–water partition coefficient (Wildman–Crippen LogP) is 4.03. The molecule has 0 nitrogen and oxygen atoms in total. The van der Waals surface area contributed by atoms with Crippen molar-refractivity contribution >= 4 is 0 Å². The third kappa shape index (κ3) is 11.0. The maximum atomic E-state index is 3.70. The first kappa shape index (κ1) is 37.6. The number of allylic oxidation sites excluding steroid dienone is 8. The van der Waals surface area contributed by atoms with E-state index in [1.807, 2.05) is 0 Å². The van der Waals surface area contributed by atoms with Crippen molar-refractivity contribution in [2.24, 2.45) is 23.7 Å². The predicted molar refractivity (Wildman–Crippen MR) is 144 cm³/mol. The summed E-state index contributed by atoms with van der Waals surface area (Å²) in [7, 11) is 0. The minimum atomic E-state index is 0. The number of unbranched alkanes of at least 4 members (excludes halogenated alkanes) is 3. The smallest absolute Gasteiger partial charge is 1.00 e. The molecular weight excluding hydrogens is 546 g/mol. The van der Waals surface area contributed by atoms with Crippen molar-refractivity contribution in [2.75, 3.05) is 0 Å². The third-order valence-electron chi connectivity index (χ3n) is 7.88. The molecule has 0 spiro atoms. The van der Waals surface area contributed by atoms with Gasteiger partial charge in [-0.15, -0.1) is 11.8 Å². The van der Waals surface area contributed by atoms with Crippen LogP contribution in [-0.4, -0.2) is 0 Å². The molecule has 200 valence electrons. The molecule has 0 saturated heterocycles. The van der Waals surface area contributed by atoms with Gasteiger partial charge in [0, 0.05) is 0 Å². The fourth-order valence-electron chi connectivity index (χ4n) is 5.97. The summed E-state index contributed by atoms with van der Waals surface area (Å²) in [6.07, 6.45) is 29.5. The molecule has 0 aliphatic heterocycles. The molecular formula is C32H50Cl2Zr-4. The monoisotopic (exact) mass is 594 g/mol. The zero-order valence-corrected chi connectivity index (χ0v) is 26.9. The molecule has 2 fully saturated rings. The molecule has 4 aliphatic carbocycles. The summed E-state index contributed by atoms with van der Waals surface area (Å²) in [5.74, 6) is 3.32.